The van der Waals surface area contributed by atoms with Crippen LogP contribution < -0.4 is 10.5 Å². The average molecular weight is 305 g/mol. The Morgan fingerprint density at radius 1 is 1.24 bits per heavy atom. The van der Waals surface area contributed by atoms with E-state index in [1.165, 1.54) is 18.3 Å². The molecule has 0 aliphatic rings. The summed E-state index contributed by atoms with van der Waals surface area (Å²) in [6.45, 7) is 1.81. The summed E-state index contributed by atoms with van der Waals surface area (Å²) in [4.78, 5) is 15.9. The molecular weight excluding hydrogens is 290 g/mol. The fourth-order valence-corrected chi connectivity index (χ4v) is 2.32. The summed E-state index contributed by atoms with van der Waals surface area (Å²) < 4.78 is 22.4. The van der Waals surface area contributed by atoms with Crippen molar-refractivity contribution < 1.29 is 13.2 Å². The lowest BCUT2D eigenvalue weighted by atomic mass is 10.1. The highest BCUT2D eigenvalue weighted by Gasteiger charge is 2.13. The van der Waals surface area contributed by atoms with Gasteiger partial charge in [-0.15, -0.1) is 0 Å². The van der Waals surface area contributed by atoms with Gasteiger partial charge in [0, 0.05) is 12.4 Å². The van der Waals surface area contributed by atoms with Crippen LogP contribution in [0.1, 0.15) is 28.9 Å². The molecule has 110 valence electrons. The molecule has 0 aliphatic heterocycles. The minimum absolute atomic E-state index is 0.0389. The summed E-state index contributed by atoms with van der Waals surface area (Å²) in [7, 11) is -3.71. The van der Waals surface area contributed by atoms with Gasteiger partial charge in [-0.2, -0.15) is 0 Å². The van der Waals surface area contributed by atoms with Crippen molar-refractivity contribution in [1.82, 2.24) is 10.3 Å². The topological polar surface area (TPSA) is 102 Å². The molecule has 6 nitrogen and oxygen atoms in total. The lowest BCUT2D eigenvalue weighted by Crippen LogP contribution is -2.26. The summed E-state index contributed by atoms with van der Waals surface area (Å²) in [5.74, 6) is -0.244. The maximum absolute atomic E-state index is 12.0. The van der Waals surface area contributed by atoms with E-state index in [0.29, 0.717) is 5.56 Å². The number of carbonyl (C=O) groups excluding carboxylic acids is 1. The number of nitrogens with two attached hydrogens (primary N) is 1. The van der Waals surface area contributed by atoms with Gasteiger partial charge in [0.15, 0.2) is 0 Å². The van der Waals surface area contributed by atoms with Crippen molar-refractivity contribution in [3.63, 3.8) is 0 Å². The number of aromatic nitrogens is 1. The lowest BCUT2D eigenvalue weighted by Gasteiger charge is -2.14. The maximum atomic E-state index is 12.0. The van der Waals surface area contributed by atoms with Crippen molar-refractivity contribution in [2.75, 3.05) is 0 Å². The number of benzene rings is 1. The van der Waals surface area contributed by atoms with Gasteiger partial charge in [0.25, 0.3) is 5.91 Å². The number of primary sulfonamides is 1. The lowest BCUT2D eigenvalue weighted by molar-refractivity contribution is 0.0939. The minimum Gasteiger partial charge on any atom is -0.345 e. The van der Waals surface area contributed by atoms with Crippen LogP contribution in [0.15, 0.2) is 53.7 Å². The third-order valence-corrected chi connectivity index (χ3v) is 3.91. The summed E-state index contributed by atoms with van der Waals surface area (Å²) in [6.07, 6.45) is 3.07. The smallest absolute Gasteiger partial charge is 0.253 e. The Morgan fingerprint density at radius 3 is 2.43 bits per heavy atom. The molecular formula is C14H15N3O3S. The molecule has 1 heterocycles. The van der Waals surface area contributed by atoms with Gasteiger partial charge in [-0.1, -0.05) is 12.1 Å². The van der Waals surface area contributed by atoms with E-state index >= 15 is 0 Å². The molecule has 0 aliphatic carbocycles. The van der Waals surface area contributed by atoms with E-state index in [0.717, 1.165) is 5.56 Å². The Labute approximate surface area is 123 Å². The highest BCUT2D eigenvalue weighted by molar-refractivity contribution is 7.89. The van der Waals surface area contributed by atoms with Crippen LogP contribution >= 0.6 is 0 Å². The molecule has 2 rings (SSSR count). The van der Waals surface area contributed by atoms with Crippen molar-refractivity contribution in [2.24, 2.45) is 5.14 Å². The highest BCUT2D eigenvalue weighted by Crippen LogP contribution is 2.16. The summed E-state index contributed by atoms with van der Waals surface area (Å²) in [5.41, 5.74) is 1.24. The Morgan fingerprint density at radius 2 is 1.90 bits per heavy atom. The molecule has 3 N–H and O–H groups in total. The number of pyridine rings is 1. The van der Waals surface area contributed by atoms with Crippen molar-refractivity contribution >= 4 is 15.9 Å². The molecule has 0 fully saturated rings. The number of nitrogens with zero attached hydrogens (tertiary/aromatic N) is 1. The van der Waals surface area contributed by atoms with E-state index in [2.05, 4.69) is 10.3 Å². The molecule has 1 amide bonds. The molecule has 0 radical (unpaired) electrons. The average Bonchev–Trinajstić information content (AvgIpc) is 2.47. The Bertz CT molecular complexity index is 728. The fourth-order valence-electron chi connectivity index (χ4n) is 1.81. The maximum Gasteiger partial charge on any atom is 0.253 e. The molecule has 21 heavy (non-hydrogen) atoms. The van der Waals surface area contributed by atoms with Crippen LogP contribution in [0.2, 0.25) is 0 Å². The summed E-state index contributed by atoms with van der Waals surface area (Å²) in [6, 6.07) is 9.14. The zero-order valence-electron chi connectivity index (χ0n) is 11.4. The molecule has 1 aromatic carbocycles. The zero-order valence-corrected chi connectivity index (χ0v) is 12.2. The van der Waals surface area contributed by atoms with Crippen molar-refractivity contribution in [1.29, 1.82) is 0 Å². The molecule has 0 saturated heterocycles. The van der Waals surface area contributed by atoms with Gasteiger partial charge in [-0.3, -0.25) is 9.78 Å². The van der Waals surface area contributed by atoms with Gasteiger partial charge in [0.05, 0.1) is 16.5 Å². The van der Waals surface area contributed by atoms with Gasteiger partial charge >= 0.3 is 0 Å². The van der Waals surface area contributed by atoms with Crippen LogP contribution in [0.5, 0.6) is 0 Å². The number of amides is 1. The first-order chi connectivity index (χ1) is 9.88. The van der Waals surface area contributed by atoms with Crippen LogP contribution in [-0.2, 0) is 10.0 Å². The highest BCUT2D eigenvalue weighted by atomic mass is 32.2. The second-order valence-corrected chi connectivity index (χ2v) is 6.11. The third-order valence-electron chi connectivity index (χ3n) is 2.98. The number of hydrogen-bond acceptors (Lipinski definition) is 4. The monoisotopic (exact) mass is 305 g/mol. The minimum atomic E-state index is -3.71. The Balaban J connectivity index is 2.10. The second kappa shape index (κ2) is 6.02. The predicted molar refractivity (Wildman–Crippen MR) is 77.9 cm³/mol. The van der Waals surface area contributed by atoms with E-state index in [-0.39, 0.29) is 16.8 Å². The first-order valence-electron chi connectivity index (χ1n) is 6.21. The standard InChI is InChI=1S/C14H15N3O3S/c1-10(17-14(18)12-3-2-8-16-9-12)11-4-6-13(7-5-11)21(15,19)20/h2-10H,1H3,(H,17,18)(H2,15,19,20). The van der Waals surface area contributed by atoms with Crippen LogP contribution in [-0.4, -0.2) is 19.3 Å². The molecule has 1 atom stereocenters. The zero-order chi connectivity index (χ0) is 15.5. The normalized spacial score (nSPS) is 12.7. The quantitative estimate of drug-likeness (QED) is 0.886. The summed E-state index contributed by atoms with van der Waals surface area (Å²) >= 11 is 0. The predicted octanol–water partition coefficient (Wildman–Crippen LogP) is 1.22. The van der Waals surface area contributed by atoms with Crippen molar-refractivity contribution in [3.8, 4) is 0 Å². The molecule has 0 saturated carbocycles. The Hall–Kier alpha value is -2.25. The number of rotatable bonds is 4. The van der Waals surface area contributed by atoms with Gasteiger partial charge in [-0.25, -0.2) is 13.6 Å². The van der Waals surface area contributed by atoms with E-state index in [9.17, 15) is 13.2 Å². The molecule has 0 spiro atoms. The van der Waals surface area contributed by atoms with Crippen molar-refractivity contribution in [2.45, 2.75) is 17.9 Å². The molecule has 7 heteroatoms. The third kappa shape index (κ3) is 3.87. The first kappa shape index (κ1) is 15.1. The number of carbonyl (C=O) groups is 1. The van der Waals surface area contributed by atoms with Crippen molar-refractivity contribution in [3.05, 3.63) is 59.9 Å². The molecule has 2 aromatic rings. The first-order valence-corrected chi connectivity index (χ1v) is 7.76. The summed E-state index contributed by atoms with van der Waals surface area (Å²) in [5, 5.41) is 7.85. The van der Waals surface area contributed by atoms with Gasteiger partial charge < -0.3 is 5.32 Å². The Kier molecular flexibility index (Phi) is 4.35. The second-order valence-electron chi connectivity index (χ2n) is 4.55. The van der Waals surface area contributed by atoms with Gasteiger partial charge in [0.2, 0.25) is 10.0 Å². The number of hydrogen-bond donors (Lipinski definition) is 2. The molecule has 1 aromatic heterocycles. The van der Waals surface area contributed by atoms with Gasteiger partial charge in [0.1, 0.15) is 0 Å². The van der Waals surface area contributed by atoms with E-state index in [1.54, 1.807) is 37.4 Å². The van der Waals surface area contributed by atoms with E-state index in [4.69, 9.17) is 5.14 Å². The number of nitrogens with one attached hydrogen (secondary N) is 1. The van der Waals surface area contributed by atoms with Crippen LogP contribution in [0, 0.1) is 0 Å². The van der Waals surface area contributed by atoms with Crippen LogP contribution in [0.3, 0.4) is 0 Å². The fraction of sp³-hybridized carbons (Fsp3) is 0.143. The number of sulfonamides is 1. The van der Waals surface area contributed by atoms with E-state index < -0.39 is 10.0 Å². The SMILES string of the molecule is CC(NC(=O)c1cccnc1)c1ccc(S(N)(=O)=O)cc1. The van der Waals surface area contributed by atoms with Crippen LogP contribution in [0.4, 0.5) is 0 Å². The molecule has 0 bridgehead atoms. The molecule has 1 unspecified atom stereocenters. The van der Waals surface area contributed by atoms with Gasteiger partial charge in [-0.05, 0) is 36.8 Å². The largest absolute Gasteiger partial charge is 0.345 e. The van der Waals surface area contributed by atoms with Crippen LogP contribution in [0.25, 0.3) is 0 Å². The van der Waals surface area contributed by atoms with E-state index in [1.807, 2.05) is 0 Å².